The predicted molar refractivity (Wildman–Crippen MR) is 109 cm³/mol. The largest absolute Gasteiger partial charge is 0.573 e. The minimum Gasteiger partial charge on any atom is -0.406 e. The lowest BCUT2D eigenvalue weighted by Gasteiger charge is -2.11. The number of rotatable bonds is 9. The maximum absolute atomic E-state index is 12.3. The van der Waals surface area contributed by atoms with Gasteiger partial charge < -0.3 is 20.7 Å². The first-order valence-electron chi connectivity index (χ1n) is 9.18. The monoisotopic (exact) mass is 456 g/mol. The van der Waals surface area contributed by atoms with Gasteiger partial charge in [0.1, 0.15) is 5.75 Å². The van der Waals surface area contributed by atoms with Gasteiger partial charge in [-0.1, -0.05) is 17.8 Å². The number of halogens is 3. The third-order valence-electron chi connectivity index (χ3n) is 3.60. The van der Waals surface area contributed by atoms with Crippen molar-refractivity contribution < 1.29 is 22.7 Å². The molecule has 0 aliphatic carbocycles. The minimum absolute atomic E-state index is 0.0638. The summed E-state index contributed by atoms with van der Waals surface area (Å²) in [5.74, 6) is 0.237. The van der Waals surface area contributed by atoms with Crippen molar-refractivity contribution in [3.05, 3.63) is 24.3 Å². The molecule has 0 saturated heterocycles. The fourth-order valence-corrected chi connectivity index (χ4v) is 3.22. The number of nitrogens with zero attached hydrogens (tertiary/aromatic N) is 5. The molecule has 0 saturated carbocycles. The Morgan fingerprint density at radius 1 is 1.16 bits per heavy atom. The van der Waals surface area contributed by atoms with Crippen molar-refractivity contribution in [2.75, 3.05) is 34.8 Å². The van der Waals surface area contributed by atoms with Gasteiger partial charge in [-0.2, -0.15) is 9.97 Å². The average molecular weight is 456 g/mol. The van der Waals surface area contributed by atoms with Gasteiger partial charge in [0, 0.05) is 24.8 Å². The Morgan fingerprint density at radius 2 is 1.94 bits per heavy atom. The standard InChI is InChI=1S/C17H19F3N8O2S/c1-3-21-13-24-14(22-4-2)28-15(25-13)26-27-16(28)31-9-12(29)23-10-6-5-7-11(8-10)30-17(18,19)20/h5-8H,3-4,9H2,1-2H3,(H,23,29)(H2,21,22,24,25,26). The maximum atomic E-state index is 12.3. The van der Waals surface area contributed by atoms with Crippen molar-refractivity contribution in [2.45, 2.75) is 25.4 Å². The number of alkyl halides is 3. The van der Waals surface area contributed by atoms with Gasteiger partial charge in [0.15, 0.2) is 5.16 Å². The Labute approximate surface area is 179 Å². The molecule has 0 unspecified atom stereocenters. The fraction of sp³-hybridized carbons (Fsp3) is 0.353. The van der Waals surface area contributed by atoms with Crippen LogP contribution >= 0.6 is 11.8 Å². The molecule has 0 radical (unpaired) electrons. The zero-order valence-corrected chi connectivity index (χ0v) is 17.3. The number of ether oxygens (including phenoxy) is 1. The van der Waals surface area contributed by atoms with Crippen LogP contribution in [0.2, 0.25) is 0 Å². The number of carbonyl (C=O) groups excluding carboxylic acids is 1. The number of hydrogen-bond acceptors (Lipinski definition) is 9. The lowest BCUT2D eigenvalue weighted by molar-refractivity contribution is -0.274. The molecule has 2 heterocycles. The average Bonchev–Trinajstić information content (AvgIpc) is 3.09. The number of hydrogen-bond donors (Lipinski definition) is 3. The van der Waals surface area contributed by atoms with E-state index in [1.165, 1.54) is 12.1 Å². The van der Waals surface area contributed by atoms with Crippen LogP contribution in [0.25, 0.3) is 5.78 Å². The van der Waals surface area contributed by atoms with E-state index >= 15 is 0 Å². The SMILES string of the molecule is CCNc1nc(NCC)n2c(SCC(=O)Nc3cccc(OC(F)(F)F)c3)nnc2n1. The number of aromatic nitrogens is 5. The van der Waals surface area contributed by atoms with Crippen molar-refractivity contribution in [3.8, 4) is 5.75 Å². The first kappa shape index (κ1) is 22.4. The summed E-state index contributed by atoms with van der Waals surface area (Å²) in [7, 11) is 0. The number of fused-ring (bicyclic) bond motifs is 1. The zero-order valence-electron chi connectivity index (χ0n) is 16.5. The van der Waals surface area contributed by atoms with Gasteiger partial charge in [-0.05, 0) is 26.0 Å². The second kappa shape index (κ2) is 9.68. The second-order valence-corrected chi connectivity index (χ2v) is 6.90. The van der Waals surface area contributed by atoms with E-state index in [9.17, 15) is 18.0 Å². The molecule has 3 aromatic rings. The maximum Gasteiger partial charge on any atom is 0.573 e. The number of benzene rings is 1. The van der Waals surface area contributed by atoms with Gasteiger partial charge in [0.25, 0.3) is 5.78 Å². The Bertz CT molecular complexity index is 1060. The lowest BCUT2D eigenvalue weighted by Crippen LogP contribution is -2.18. The van der Waals surface area contributed by atoms with E-state index in [0.717, 1.165) is 23.9 Å². The van der Waals surface area contributed by atoms with Crippen molar-refractivity contribution in [2.24, 2.45) is 0 Å². The van der Waals surface area contributed by atoms with Gasteiger partial charge in [-0.25, -0.2) is 4.40 Å². The van der Waals surface area contributed by atoms with Crippen LogP contribution in [-0.4, -0.2) is 55.7 Å². The van der Waals surface area contributed by atoms with Crippen molar-refractivity contribution in [1.29, 1.82) is 0 Å². The molecule has 0 aliphatic rings. The van der Waals surface area contributed by atoms with Crippen LogP contribution in [0.1, 0.15) is 13.8 Å². The molecule has 10 nitrogen and oxygen atoms in total. The summed E-state index contributed by atoms with van der Waals surface area (Å²) >= 11 is 1.08. The van der Waals surface area contributed by atoms with E-state index in [1.807, 2.05) is 13.8 Å². The number of anilines is 3. The molecule has 14 heteroatoms. The van der Waals surface area contributed by atoms with Crippen molar-refractivity contribution >= 4 is 41.0 Å². The molecule has 3 N–H and O–H groups in total. The van der Waals surface area contributed by atoms with Gasteiger partial charge >= 0.3 is 6.36 Å². The van der Waals surface area contributed by atoms with E-state index in [2.05, 4.69) is 40.9 Å². The van der Waals surface area contributed by atoms with Crippen LogP contribution in [-0.2, 0) is 4.79 Å². The van der Waals surface area contributed by atoms with E-state index < -0.39 is 18.0 Å². The summed E-state index contributed by atoms with van der Waals surface area (Å²) in [4.78, 5) is 20.9. The Balaban J connectivity index is 1.70. The topological polar surface area (TPSA) is 118 Å². The molecule has 1 amide bonds. The number of amides is 1. The highest BCUT2D eigenvalue weighted by Crippen LogP contribution is 2.26. The van der Waals surface area contributed by atoms with Crippen LogP contribution in [0, 0.1) is 0 Å². The molecule has 0 aliphatic heterocycles. The van der Waals surface area contributed by atoms with E-state index in [-0.39, 0.29) is 11.4 Å². The molecule has 3 rings (SSSR count). The van der Waals surface area contributed by atoms with Crippen LogP contribution in [0.3, 0.4) is 0 Å². The van der Waals surface area contributed by atoms with E-state index in [0.29, 0.717) is 35.9 Å². The number of nitrogens with one attached hydrogen (secondary N) is 3. The van der Waals surface area contributed by atoms with E-state index in [1.54, 1.807) is 4.40 Å². The molecule has 0 atom stereocenters. The summed E-state index contributed by atoms with van der Waals surface area (Å²) in [6.45, 7) is 5.04. The molecule has 0 fully saturated rings. The van der Waals surface area contributed by atoms with Crippen LogP contribution in [0.4, 0.5) is 30.8 Å². The smallest absolute Gasteiger partial charge is 0.406 e. The Kier molecular flexibility index (Phi) is 6.99. The fourth-order valence-electron chi connectivity index (χ4n) is 2.50. The summed E-state index contributed by atoms with van der Waals surface area (Å²) < 4.78 is 42.5. The Morgan fingerprint density at radius 3 is 2.65 bits per heavy atom. The second-order valence-electron chi connectivity index (χ2n) is 5.96. The Hall–Kier alpha value is -3.29. The van der Waals surface area contributed by atoms with Crippen molar-refractivity contribution in [3.63, 3.8) is 0 Å². The molecule has 166 valence electrons. The van der Waals surface area contributed by atoms with Crippen molar-refractivity contribution in [1.82, 2.24) is 24.6 Å². The number of thioether (sulfide) groups is 1. The highest BCUT2D eigenvalue weighted by Gasteiger charge is 2.31. The summed E-state index contributed by atoms with van der Waals surface area (Å²) in [5.41, 5.74) is 0.172. The normalized spacial score (nSPS) is 11.4. The summed E-state index contributed by atoms with van der Waals surface area (Å²) in [6.07, 6.45) is -4.81. The first-order chi connectivity index (χ1) is 14.8. The quantitative estimate of drug-likeness (QED) is 0.418. The minimum atomic E-state index is -4.81. The molecule has 1 aromatic carbocycles. The van der Waals surface area contributed by atoms with E-state index in [4.69, 9.17) is 0 Å². The molecular formula is C17H19F3N8O2S. The van der Waals surface area contributed by atoms with Gasteiger partial charge in [0.05, 0.1) is 5.75 Å². The van der Waals surface area contributed by atoms with Gasteiger partial charge in [0.2, 0.25) is 17.8 Å². The highest BCUT2D eigenvalue weighted by atomic mass is 32.2. The summed E-state index contributed by atoms with van der Waals surface area (Å²) in [5, 5.41) is 17.1. The van der Waals surface area contributed by atoms with Crippen LogP contribution in [0.15, 0.2) is 29.4 Å². The van der Waals surface area contributed by atoms with Crippen LogP contribution in [0.5, 0.6) is 5.75 Å². The lowest BCUT2D eigenvalue weighted by atomic mass is 10.3. The number of carbonyl (C=O) groups is 1. The van der Waals surface area contributed by atoms with Gasteiger partial charge in [-0.15, -0.1) is 23.4 Å². The predicted octanol–water partition coefficient (Wildman–Crippen LogP) is 3.01. The molecular weight excluding hydrogens is 437 g/mol. The molecule has 2 aromatic heterocycles. The first-order valence-corrected chi connectivity index (χ1v) is 10.2. The third-order valence-corrected chi connectivity index (χ3v) is 4.53. The zero-order chi connectivity index (χ0) is 22.4. The third kappa shape index (κ3) is 6.10. The molecule has 31 heavy (non-hydrogen) atoms. The molecule has 0 bridgehead atoms. The highest BCUT2D eigenvalue weighted by molar-refractivity contribution is 7.99. The molecule has 0 spiro atoms. The summed E-state index contributed by atoms with van der Waals surface area (Å²) in [6, 6.07) is 5.03. The van der Waals surface area contributed by atoms with Gasteiger partial charge in [-0.3, -0.25) is 4.79 Å². The van der Waals surface area contributed by atoms with Crippen LogP contribution < -0.4 is 20.7 Å².